The van der Waals surface area contributed by atoms with E-state index in [1.807, 2.05) is 0 Å². The molecule has 222 valence electrons. The lowest BCUT2D eigenvalue weighted by Crippen LogP contribution is -2.14. The zero-order valence-electron chi connectivity index (χ0n) is 23.0. The molecule has 1 aliphatic rings. The number of hydrogen-bond acceptors (Lipinski definition) is 11. The zero-order valence-corrected chi connectivity index (χ0v) is 23.0. The number of fused-ring (bicyclic) bond motifs is 1. The summed E-state index contributed by atoms with van der Waals surface area (Å²) in [6, 6.07) is 10.3. The molecule has 0 aliphatic carbocycles. The van der Waals surface area contributed by atoms with E-state index in [2.05, 4.69) is 0 Å². The molecule has 0 amide bonds. The van der Waals surface area contributed by atoms with Gasteiger partial charge in [-0.15, -0.1) is 0 Å². The first kappa shape index (κ1) is 24.8. The summed E-state index contributed by atoms with van der Waals surface area (Å²) in [5.41, 5.74) is -1.10. The molecule has 11 nitrogen and oxygen atoms in total. The second kappa shape index (κ2) is 7.53. The van der Waals surface area contributed by atoms with Crippen molar-refractivity contribution in [3.05, 3.63) is 74.5 Å². The van der Waals surface area contributed by atoms with Crippen LogP contribution in [-0.4, -0.2) is 35.7 Å². The number of benzene rings is 9. The van der Waals surface area contributed by atoms with Crippen LogP contribution in [0.15, 0.2) is 58.1 Å². The second-order valence-corrected chi connectivity index (χ2v) is 11.7. The third-order valence-electron chi connectivity index (χ3n) is 9.40. The summed E-state index contributed by atoms with van der Waals surface area (Å²) < 4.78 is 12.7. The zero-order chi connectivity index (χ0) is 31.7. The van der Waals surface area contributed by atoms with Crippen LogP contribution in [0.25, 0.3) is 75.4 Å². The Balaban J connectivity index is 1.61. The average molecular weight is 613 g/mol. The van der Waals surface area contributed by atoms with Crippen LogP contribution in [0.3, 0.4) is 0 Å². The summed E-state index contributed by atoms with van der Waals surface area (Å²) in [6.45, 7) is 0. The molecule has 0 bridgehead atoms. The van der Waals surface area contributed by atoms with E-state index in [9.17, 15) is 45.3 Å². The maximum atomic E-state index is 14.2. The summed E-state index contributed by atoms with van der Waals surface area (Å²) in [6.07, 6.45) is -1.20. The first-order chi connectivity index (χ1) is 22.1. The fourth-order valence-electron chi connectivity index (χ4n) is 7.73. The Morgan fingerprint density at radius 2 is 0.717 bits per heavy atom. The summed E-state index contributed by atoms with van der Waals surface area (Å²) in [4.78, 5) is 28.5. The Hall–Kier alpha value is -6.62. The van der Waals surface area contributed by atoms with Gasteiger partial charge >= 0.3 is 0 Å². The largest absolute Gasteiger partial charge is 0.508 e. The van der Waals surface area contributed by atoms with E-state index in [0.29, 0.717) is 5.56 Å². The molecule has 0 spiro atoms. The normalized spacial score (nSPS) is 13.8. The molecule has 0 unspecified atom stereocenters. The lowest BCUT2D eigenvalue weighted by atomic mass is 9.79. The summed E-state index contributed by atoms with van der Waals surface area (Å²) in [7, 11) is 0. The van der Waals surface area contributed by atoms with Gasteiger partial charge in [0, 0.05) is 83.7 Å². The van der Waals surface area contributed by atoms with Crippen LogP contribution in [-0.2, 0) is 0 Å². The van der Waals surface area contributed by atoms with E-state index in [1.165, 1.54) is 24.3 Å². The van der Waals surface area contributed by atoms with Crippen molar-refractivity contribution < 1.29 is 45.2 Å². The fourth-order valence-corrected chi connectivity index (χ4v) is 7.73. The topological polar surface area (TPSA) is 194 Å². The Morgan fingerprint density at radius 1 is 0.391 bits per heavy atom. The van der Waals surface area contributed by atoms with Gasteiger partial charge in [-0.05, 0) is 24.3 Å². The molecule has 0 radical (unpaired) electrons. The van der Waals surface area contributed by atoms with Gasteiger partial charge in [-0.1, -0.05) is 0 Å². The van der Waals surface area contributed by atoms with Gasteiger partial charge < -0.3 is 45.2 Å². The predicted molar refractivity (Wildman–Crippen MR) is 168 cm³/mol. The van der Waals surface area contributed by atoms with E-state index in [1.54, 1.807) is 12.1 Å². The number of aromatic hydroxyl groups is 7. The van der Waals surface area contributed by atoms with Gasteiger partial charge in [0.1, 0.15) is 51.7 Å². The van der Waals surface area contributed by atoms with Crippen LogP contribution in [0.5, 0.6) is 51.7 Å². The average Bonchev–Trinajstić information content (AvgIpc) is 3.15. The molecule has 0 aromatic heterocycles. The van der Waals surface area contributed by atoms with Crippen molar-refractivity contribution in [1.29, 1.82) is 0 Å². The Labute approximate surface area is 253 Å². The van der Waals surface area contributed by atoms with Crippen molar-refractivity contribution in [2.75, 3.05) is 0 Å². The van der Waals surface area contributed by atoms with Crippen molar-refractivity contribution in [1.82, 2.24) is 0 Å². The highest BCUT2D eigenvalue weighted by Gasteiger charge is 2.36. The van der Waals surface area contributed by atoms with Crippen LogP contribution in [0.4, 0.5) is 0 Å². The third kappa shape index (κ3) is 2.55. The highest BCUT2D eigenvalue weighted by atomic mass is 16.7. The summed E-state index contributed by atoms with van der Waals surface area (Å²) >= 11 is 0. The van der Waals surface area contributed by atoms with Crippen molar-refractivity contribution in [2.45, 2.75) is 6.29 Å². The van der Waals surface area contributed by atoms with E-state index in [0.717, 1.165) is 12.1 Å². The molecule has 7 N–H and O–H groups in total. The van der Waals surface area contributed by atoms with E-state index in [4.69, 9.17) is 9.47 Å². The molecule has 46 heavy (non-hydrogen) atoms. The Morgan fingerprint density at radius 3 is 1.13 bits per heavy atom. The fraction of sp³-hybridized carbons (Fsp3) is 0.0286. The molecule has 0 atom stereocenters. The minimum absolute atomic E-state index is 0.00892. The smallest absolute Gasteiger partial charge is 0.267 e. The van der Waals surface area contributed by atoms with Gasteiger partial charge in [0.05, 0.1) is 21.5 Å². The molecule has 0 saturated heterocycles. The minimum Gasteiger partial charge on any atom is -0.508 e. The summed E-state index contributed by atoms with van der Waals surface area (Å²) in [5, 5.41) is 77.6. The molecule has 9 aromatic rings. The molecule has 0 saturated carbocycles. The molecule has 10 rings (SSSR count). The maximum Gasteiger partial charge on any atom is 0.267 e. The molecule has 1 aliphatic heterocycles. The number of phenols is 7. The molecular weight excluding hydrogens is 596 g/mol. The highest BCUT2D eigenvalue weighted by Crippen LogP contribution is 2.59. The number of rotatable bonds is 1. The van der Waals surface area contributed by atoms with Crippen molar-refractivity contribution in [3.63, 3.8) is 0 Å². The van der Waals surface area contributed by atoms with Crippen molar-refractivity contribution in [3.8, 4) is 51.7 Å². The van der Waals surface area contributed by atoms with Gasteiger partial charge in [-0.2, -0.15) is 0 Å². The molecule has 9 aromatic carbocycles. The van der Waals surface area contributed by atoms with Gasteiger partial charge in [-0.3, -0.25) is 9.59 Å². The molecule has 1 heterocycles. The highest BCUT2D eigenvalue weighted by molar-refractivity contribution is 6.51. The van der Waals surface area contributed by atoms with Crippen molar-refractivity contribution >= 4 is 75.4 Å². The first-order valence-corrected chi connectivity index (χ1v) is 14.0. The van der Waals surface area contributed by atoms with E-state index in [-0.39, 0.29) is 92.7 Å². The van der Waals surface area contributed by atoms with Gasteiger partial charge in [0.25, 0.3) is 6.29 Å². The summed E-state index contributed by atoms with van der Waals surface area (Å²) in [5.74, 6) is -3.07. The number of ether oxygens (including phenoxy) is 2. The van der Waals surface area contributed by atoms with Crippen LogP contribution in [0.1, 0.15) is 11.9 Å². The van der Waals surface area contributed by atoms with Gasteiger partial charge in [0.2, 0.25) is 10.9 Å². The second-order valence-electron chi connectivity index (χ2n) is 11.7. The van der Waals surface area contributed by atoms with Crippen LogP contribution in [0, 0.1) is 0 Å². The minimum atomic E-state index is -1.20. The third-order valence-corrected chi connectivity index (χ3v) is 9.40. The predicted octanol–water partition coefficient (Wildman–Crippen LogP) is 5.64. The van der Waals surface area contributed by atoms with E-state index < -0.39 is 51.6 Å². The Bertz CT molecular complexity index is 2790. The monoisotopic (exact) mass is 612 g/mol. The van der Waals surface area contributed by atoms with Crippen molar-refractivity contribution in [2.24, 2.45) is 0 Å². The SMILES string of the molecule is O=c1c2c(O)cc(O)c3c4c(O)cc(O)c5c(=O)c6c(O)cc7c8c9c(cc(O)c1c9c(c23)c(c54)c68)OC(c1ccc(O)cc1)O7. The van der Waals surface area contributed by atoms with E-state index >= 15 is 0 Å². The molecular formula is C35H16O11. The molecule has 0 fully saturated rings. The standard InChI is InChI=1S/C35H16O11/c36-10-3-1-9(2-4-10)35-45-17-7-15(41)23-29-25(17)26-18(46-35)8-16(42)24-30(26)32-28-20(12(38)6-14(40)22(28)34(24)44)19-11(37)5-13(39)21(33(23)43)27(19)31(29)32/h1-8,35-42H. The quantitative estimate of drug-likeness (QED) is 0.0896. The van der Waals surface area contributed by atoms with Crippen LogP contribution < -0.4 is 20.3 Å². The lowest BCUT2D eigenvalue weighted by molar-refractivity contribution is 0.00794. The van der Waals surface area contributed by atoms with Gasteiger partial charge in [-0.25, -0.2) is 0 Å². The number of hydrogen-bond donors (Lipinski definition) is 7. The number of phenolic OH excluding ortho intramolecular Hbond substituents is 7. The molecule has 11 heteroatoms. The maximum absolute atomic E-state index is 14.2. The Kier molecular flexibility index (Phi) is 4.06. The lowest BCUT2D eigenvalue weighted by Gasteiger charge is -2.24. The van der Waals surface area contributed by atoms with Gasteiger partial charge in [0.15, 0.2) is 0 Å². The van der Waals surface area contributed by atoms with Crippen LogP contribution >= 0.6 is 0 Å². The first-order valence-electron chi connectivity index (χ1n) is 14.0. The van der Waals surface area contributed by atoms with Crippen LogP contribution in [0.2, 0.25) is 0 Å².